The molecule has 7 heteroatoms. The summed E-state index contributed by atoms with van der Waals surface area (Å²) in [5.41, 5.74) is 0. The van der Waals surface area contributed by atoms with Gasteiger partial charge in [-0.3, -0.25) is 4.79 Å². The van der Waals surface area contributed by atoms with E-state index in [0.717, 1.165) is 0 Å². The van der Waals surface area contributed by atoms with Crippen LogP contribution in [0.5, 0.6) is 0 Å². The molecule has 0 aromatic rings. The van der Waals surface area contributed by atoms with Crippen LogP contribution in [0, 0.1) is 0 Å². The lowest BCUT2D eigenvalue weighted by Gasteiger charge is -2.29. The molecule has 0 aliphatic carbocycles. The van der Waals surface area contributed by atoms with Crippen molar-refractivity contribution in [3.05, 3.63) is 0 Å². The number of rotatable bonds is 3. The SMILES string of the molecule is CN1CC(NS(=O)(=O)CCl)CCC1=O. The maximum absolute atomic E-state index is 11.1. The lowest BCUT2D eigenvalue weighted by atomic mass is 10.1. The summed E-state index contributed by atoms with van der Waals surface area (Å²) in [6.45, 7) is 0.412. The standard InChI is InChI=1S/C7H13ClN2O3S/c1-10-4-6(2-3-7(10)11)9-14(12,13)5-8/h6,9H,2-5H2,1H3. The average Bonchev–Trinajstić information content (AvgIpc) is 2.11. The molecule has 1 aliphatic rings. The number of carbonyl (C=O) groups is 1. The second kappa shape index (κ2) is 4.46. The number of amides is 1. The number of likely N-dealkylation sites (tertiary alicyclic amines) is 1. The van der Waals surface area contributed by atoms with Crippen LogP contribution in [0.15, 0.2) is 0 Å². The number of sulfonamides is 1. The van der Waals surface area contributed by atoms with E-state index in [4.69, 9.17) is 11.6 Å². The highest BCUT2D eigenvalue weighted by Gasteiger charge is 2.25. The van der Waals surface area contributed by atoms with Crippen molar-refractivity contribution in [3.8, 4) is 0 Å². The topological polar surface area (TPSA) is 66.5 Å². The summed E-state index contributed by atoms with van der Waals surface area (Å²) < 4.78 is 24.7. The molecule has 14 heavy (non-hydrogen) atoms. The Balaban J connectivity index is 2.53. The van der Waals surface area contributed by atoms with Crippen molar-refractivity contribution in [2.45, 2.75) is 18.9 Å². The highest BCUT2D eigenvalue weighted by Crippen LogP contribution is 2.10. The molecule has 0 aromatic carbocycles. The van der Waals surface area contributed by atoms with E-state index in [-0.39, 0.29) is 11.9 Å². The van der Waals surface area contributed by atoms with E-state index in [9.17, 15) is 13.2 Å². The smallest absolute Gasteiger partial charge is 0.225 e. The second-order valence-corrected chi connectivity index (χ2v) is 5.69. The maximum atomic E-state index is 11.1. The van der Waals surface area contributed by atoms with Gasteiger partial charge in [0.05, 0.1) is 0 Å². The molecule has 0 spiro atoms. The van der Waals surface area contributed by atoms with E-state index in [0.29, 0.717) is 19.4 Å². The maximum Gasteiger partial charge on any atom is 0.225 e. The monoisotopic (exact) mass is 240 g/mol. The molecule has 1 rings (SSSR count). The Morgan fingerprint density at radius 3 is 2.79 bits per heavy atom. The van der Waals surface area contributed by atoms with Crippen LogP contribution in [-0.4, -0.2) is 44.1 Å². The van der Waals surface area contributed by atoms with Crippen LogP contribution in [0.25, 0.3) is 0 Å². The Bertz CT molecular complexity index is 317. The lowest BCUT2D eigenvalue weighted by molar-refractivity contribution is -0.132. The van der Waals surface area contributed by atoms with E-state index < -0.39 is 15.2 Å². The number of alkyl halides is 1. The number of nitrogens with zero attached hydrogens (tertiary/aromatic N) is 1. The molecular formula is C7H13ClN2O3S. The largest absolute Gasteiger partial charge is 0.344 e. The van der Waals surface area contributed by atoms with Crippen molar-refractivity contribution in [3.63, 3.8) is 0 Å². The Kier molecular flexibility index (Phi) is 3.74. The fraction of sp³-hybridized carbons (Fsp3) is 0.857. The van der Waals surface area contributed by atoms with Crippen LogP contribution in [0.2, 0.25) is 0 Å². The molecule has 0 aromatic heterocycles. The number of halogens is 1. The van der Waals surface area contributed by atoms with Crippen molar-refractivity contribution in [2.75, 3.05) is 18.8 Å². The molecule has 5 nitrogen and oxygen atoms in total. The number of hydrogen-bond acceptors (Lipinski definition) is 3. The first-order valence-corrected chi connectivity index (χ1v) is 6.43. The number of nitrogens with one attached hydrogen (secondary N) is 1. The zero-order chi connectivity index (χ0) is 10.8. The Hall–Kier alpha value is -0.330. The summed E-state index contributed by atoms with van der Waals surface area (Å²) in [6.07, 6.45) is 0.922. The Morgan fingerprint density at radius 1 is 1.64 bits per heavy atom. The fourth-order valence-electron chi connectivity index (χ4n) is 1.39. The van der Waals surface area contributed by atoms with Gasteiger partial charge in [0.2, 0.25) is 15.9 Å². The quantitative estimate of drug-likeness (QED) is 0.691. The molecule has 82 valence electrons. The van der Waals surface area contributed by atoms with Crippen LogP contribution < -0.4 is 4.72 Å². The molecule has 1 fully saturated rings. The molecule has 1 N–H and O–H groups in total. The number of carbonyl (C=O) groups excluding carboxylic acids is 1. The highest BCUT2D eigenvalue weighted by atomic mass is 35.5. The molecule has 1 unspecified atom stereocenters. The lowest BCUT2D eigenvalue weighted by Crippen LogP contribution is -2.48. The molecule has 0 bridgehead atoms. The van der Waals surface area contributed by atoms with Gasteiger partial charge in [-0.2, -0.15) is 0 Å². The van der Waals surface area contributed by atoms with Crippen molar-refractivity contribution >= 4 is 27.5 Å². The van der Waals surface area contributed by atoms with Crippen LogP contribution in [0.1, 0.15) is 12.8 Å². The van der Waals surface area contributed by atoms with E-state index in [2.05, 4.69) is 4.72 Å². The zero-order valence-corrected chi connectivity index (χ0v) is 9.44. The van der Waals surface area contributed by atoms with Gasteiger partial charge >= 0.3 is 0 Å². The van der Waals surface area contributed by atoms with Gasteiger partial charge in [0.1, 0.15) is 5.21 Å². The van der Waals surface area contributed by atoms with Gasteiger partial charge in [-0.25, -0.2) is 13.1 Å². The van der Waals surface area contributed by atoms with Gasteiger partial charge < -0.3 is 4.90 Å². The third kappa shape index (κ3) is 3.11. The molecule has 1 heterocycles. The fourth-order valence-corrected chi connectivity index (χ4v) is 2.35. The predicted octanol–water partition coefficient (Wildman–Crippen LogP) is -0.277. The predicted molar refractivity (Wildman–Crippen MR) is 53.4 cm³/mol. The van der Waals surface area contributed by atoms with Crippen molar-refractivity contribution in [2.24, 2.45) is 0 Å². The van der Waals surface area contributed by atoms with E-state index in [1.807, 2.05) is 0 Å². The first kappa shape index (κ1) is 11.7. The summed E-state index contributed by atoms with van der Waals surface area (Å²) >= 11 is 5.25. The molecule has 1 aliphatic heterocycles. The summed E-state index contributed by atoms with van der Waals surface area (Å²) in [7, 11) is -1.73. The normalized spacial score (nSPS) is 24.0. The van der Waals surface area contributed by atoms with Gasteiger partial charge in [0.25, 0.3) is 0 Å². The first-order chi connectivity index (χ1) is 6.44. The van der Waals surface area contributed by atoms with Gasteiger partial charge in [0, 0.05) is 26.1 Å². The molecule has 1 saturated heterocycles. The van der Waals surface area contributed by atoms with Gasteiger partial charge in [-0.15, -0.1) is 11.6 Å². The van der Waals surface area contributed by atoms with E-state index in [1.54, 1.807) is 7.05 Å². The summed E-state index contributed by atoms with van der Waals surface area (Å²) in [5.74, 6) is 0.0475. The summed E-state index contributed by atoms with van der Waals surface area (Å²) in [6, 6.07) is -0.207. The minimum Gasteiger partial charge on any atom is -0.344 e. The molecular weight excluding hydrogens is 228 g/mol. The molecule has 1 atom stereocenters. The van der Waals surface area contributed by atoms with Crippen LogP contribution in [-0.2, 0) is 14.8 Å². The third-order valence-corrected chi connectivity index (χ3v) is 3.96. The van der Waals surface area contributed by atoms with Gasteiger partial charge in [-0.1, -0.05) is 0 Å². The summed E-state index contributed by atoms with van der Waals surface area (Å²) in [4.78, 5) is 12.6. The number of piperidine rings is 1. The minimum atomic E-state index is -3.38. The minimum absolute atomic E-state index is 0.0475. The van der Waals surface area contributed by atoms with Crippen molar-refractivity contribution in [1.82, 2.24) is 9.62 Å². The molecule has 0 radical (unpaired) electrons. The third-order valence-electron chi connectivity index (χ3n) is 2.12. The highest BCUT2D eigenvalue weighted by molar-refractivity contribution is 7.90. The van der Waals surface area contributed by atoms with Crippen molar-refractivity contribution < 1.29 is 13.2 Å². The van der Waals surface area contributed by atoms with Gasteiger partial charge in [0.15, 0.2) is 0 Å². The Morgan fingerprint density at radius 2 is 2.29 bits per heavy atom. The van der Waals surface area contributed by atoms with Crippen LogP contribution >= 0.6 is 11.6 Å². The average molecular weight is 241 g/mol. The zero-order valence-electron chi connectivity index (χ0n) is 7.86. The van der Waals surface area contributed by atoms with E-state index in [1.165, 1.54) is 4.90 Å². The summed E-state index contributed by atoms with van der Waals surface area (Å²) in [5, 5.41) is -0.443. The molecule has 0 saturated carbocycles. The van der Waals surface area contributed by atoms with Gasteiger partial charge in [-0.05, 0) is 6.42 Å². The van der Waals surface area contributed by atoms with Crippen molar-refractivity contribution in [1.29, 1.82) is 0 Å². The van der Waals surface area contributed by atoms with E-state index >= 15 is 0 Å². The second-order valence-electron chi connectivity index (χ2n) is 3.35. The number of hydrogen-bond donors (Lipinski definition) is 1. The van der Waals surface area contributed by atoms with Crippen LogP contribution in [0.3, 0.4) is 0 Å². The number of likely N-dealkylation sites (N-methyl/N-ethyl adjacent to an activating group) is 1. The first-order valence-electron chi connectivity index (χ1n) is 4.24. The Labute approximate surface area is 88.5 Å². The molecule has 1 amide bonds. The van der Waals surface area contributed by atoms with Crippen LogP contribution in [0.4, 0.5) is 0 Å².